The fourth-order valence-corrected chi connectivity index (χ4v) is 8.60. The van der Waals surface area contributed by atoms with E-state index < -0.39 is 23.0 Å². The lowest BCUT2D eigenvalue weighted by Gasteiger charge is -2.57. The van der Waals surface area contributed by atoms with Crippen LogP contribution >= 0.6 is 11.6 Å². The molecule has 0 aromatic heterocycles. The molecule has 1 spiro atoms. The Morgan fingerprint density at radius 2 is 1.57 bits per heavy atom. The van der Waals surface area contributed by atoms with Crippen molar-refractivity contribution in [2.24, 2.45) is 5.41 Å². The van der Waals surface area contributed by atoms with Crippen molar-refractivity contribution in [3.63, 3.8) is 0 Å². The number of hydrogen-bond donors (Lipinski definition) is 5. The van der Waals surface area contributed by atoms with E-state index in [2.05, 4.69) is 42.0 Å². The average molecular weight is 663 g/mol. The van der Waals surface area contributed by atoms with Gasteiger partial charge in [0.15, 0.2) is 6.61 Å². The van der Waals surface area contributed by atoms with Gasteiger partial charge in [0.25, 0.3) is 5.91 Å². The Bertz CT molecular complexity index is 1200. The van der Waals surface area contributed by atoms with E-state index in [1.54, 1.807) is 0 Å². The molecule has 6 rings (SSSR count). The number of nitrogens with one attached hydrogen (secondary N) is 4. The Kier molecular flexibility index (Phi) is 11.3. The minimum Gasteiger partial charge on any atom is -0.484 e. The van der Waals surface area contributed by atoms with E-state index in [4.69, 9.17) is 16.3 Å². The molecule has 5 N–H and O–H groups in total. The maximum atomic E-state index is 14.4. The number of aliphatic hydroxyl groups is 1. The van der Waals surface area contributed by atoms with Crippen LogP contribution in [0.2, 0.25) is 5.02 Å². The van der Waals surface area contributed by atoms with Crippen molar-refractivity contribution in [2.45, 2.75) is 158 Å². The monoisotopic (exact) mass is 662 g/mol. The molecule has 1 aromatic carbocycles. The van der Waals surface area contributed by atoms with Gasteiger partial charge < -0.3 is 31.1 Å². The molecule has 10 heteroatoms. The van der Waals surface area contributed by atoms with Gasteiger partial charge in [-0.15, -0.1) is 0 Å². The third kappa shape index (κ3) is 8.19. The third-order valence-electron chi connectivity index (χ3n) is 11.5. The number of carbonyl (C=O) groups excluding carboxylic acids is 2. The van der Waals surface area contributed by atoms with Crippen LogP contribution in [-0.4, -0.2) is 64.9 Å². The third-order valence-corrected chi connectivity index (χ3v) is 11.8. The molecule has 1 aliphatic heterocycles. The first-order valence-corrected chi connectivity index (χ1v) is 18.1. The molecule has 3 atom stereocenters. The van der Waals surface area contributed by atoms with Crippen LogP contribution in [0.25, 0.3) is 0 Å². The molecular formula is C36H56ClFN4O4. The molecule has 4 saturated carbocycles. The molecule has 1 aromatic rings. The van der Waals surface area contributed by atoms with Gasteiger partial charge in [0, 0.05) is 29.7 Å². The Morgan fingerprint density at radius 3 is 2.13 bits per heavy atom. The molecule has 8 nitrogen and oxygen atoms in total. The van der Waals surface area contributed by atoms with Crippen molar-refractivity contribution in [1.29, 1.82) is 0 Å². The van der Waals surface area contributed by atoms with E-state index in [1.807, 2.05) is 0 Å². The zero-order valence-corrected chi connectivity index (χ0v) is 28.9. The van der Waals surface area contributed by atoms with Crippen LogP contribution in [0.1, 0.15) is 124 Å². The highest BCUT2D eigenvalue weighted by molar-refractivity contribution is 6.30. The molecule has 4 aliphatic carbocycles. The minimum absolute atomic E-state index is 0.0140. The van der Waals surface area contributed by atoms with Gasteiger partial charge in [-0.1, -0.05) is 90.2 Å². The van der Waals surface area contributed by atoms with E-state index in [9.17, 15) is 19.1 Å². The smallest absolute Gasteiger partial charge is 0.258 e. The first kappa shape index (κ1) is 35.4. The number of carbonyl (C=O) groups is 2. The van der Waals surface area contributed by atoms with Crippen LogP contribution in [-0.2, 0) is 9.59 Å². The second kappa shape index (κ2) is 14.7. The predicted molar refractivity (Wildman–Crippen MR) is 179 cm³/mol. The van der Waals surface area contributed by atoms with Gasteiger partial charge >= 0.3 is 0 Å². The van der Waals surface area contributed by atoms with Crippen LogP contribution in [0.5, 0.6) is 5.75 Å². The summed E-state index contributed by atoms with van der Waals surface area (Å²) in [5, 5.41) is 25.7. The number of aliphatic hydroxyl groups excluding tert-OH is 1. The fraction of sp³-hybridized carbons (Fsp3) is 0.778. The van der Waals surface area contributed by atoms with Crippen LogP contribution < -0.4 is 26.0 Å². The lowest BCUT2D eigenvalue weighted by Crippen LogP contribution is -2.77. The van der Waals surface area contributed by atoms with Gasteiger partial charge in [-0.05, 0) is 62.5 Å². The van der Waals surface area contributed by atoms with Crippen LogP contribution in [0, 0.1) is 11.2 Å². The maximum absolute atomic E-state index is 14.4. The Labute approximate surface area is 279 Å². The van der Waals surface area contributed by atoms with E-state index in [-0.39, 0.29) is 52.2 Å². The van der Waals surface area contributed by atoms with Crippen LogP contribution in [0.4, 0.5) is 4.39 Å². The lowest BCUT2D eigenvalue weighted by molar-refractivity contribution is -0.139. The summed E-state index contributed by atoms with van der Waals surface area (Å²) >= 11 is 5.74. The van der Waals surface area contributed by atoms with E-state index in [0.717, 1.165) is 38.3 Å². The van der Waals surface area contributed by atoms with Crippen molar-refractivity contribution < 1.29 is 23.8 Å². The molecule has 258 valence electrons. The van der Waals surface area contributed by atoms with Gasteiger partial charge in [-0.3, -0.25) is 9.59 Å². The second-order valence-corrected chi connectivity index (χ2v) is 16.2. The zero-order valence-electron chi connectivity index (χ0n) is 28.1. The van der Waals surface area contributed by atoms with Crippen molar-refractivity contribution >= 4 is 23.4 Å². The molecule has 5 fully saturated rings. The molecule has 2 unspecified atom stereocenters. The number of benzene rings is 1. The first-order valence-electron chi connectivity index (χ1n) is 17.8. The van der Waals surface area contributed by atoms with Crippen LogP contribution in [0.15, 0.2) is 18.2 Å². The number of hydrogen-bond acceptors (Lipinski definition) is 6. The Hall–Kier alpha value is -1.94. The van der Waals surface area contributed by atoms with E-state index in [0.29, 0.717) is 32.1 Å². The topological polar surface area (TPSA) is 112 Å². The zero-order chi connectivity index (χ0) is 33.0. The normalized spacial score (nSPS) is 32.2. The number of piperazine rings is 1. The second-order valence-electron chi connectivity index (χ2n) is 15.8. The van der Waals surface area contributed by atoms with Crippen molar-refractivity contribution in [2.75, 3.05) is 13.2 Å². The summed E-state index contributed by atoms with van der Waals surface area (Å²) in [4.78, 5) is 27.2. The quantitative estimate of drug-likeness (QED) is 0.258. The summed E-state index contributed by atoms with van der Waals surface area (Å²) in [7, 11) is 0. The van der Waals surface area contributed by atoms with Crippen LogP contribution in [0.3, 0.4) is 0 Å². The summed E-state index contributed by atoms with van der Waals surface area (Å²) < 4.78 is 19.3. The van der Waals surface area contributed by atoms with Crippen molar-refractivity contribution in [3.05, 3.63) is 29.0 Å². The van der Waals surface area contributed by atoms with E-state index in [1.165, 1.54) is 57.1 Å². The molecule has 0 radical (unpaired) electrons. The predicted octanol–water partition coefficient (Wildman–Crippen LogP) is 5.93. The summed E-state index contributed by atoms with van der Waals surface area (Å²) in [6.45, 7) is 7.26. The van der Waals surface area contributed by atoms with Gasteiger partial charge in [0.2, 0.25) is 5.91 Å². The summed E-state index contributed by atoms with van der Waals surface area (Å²) in [6, 6.07) is 3.96. The molecule has 46 heavy (non-hydrogen) atoms. The lowest BCUT2D eigenvalue weighted by atomic mass is 9.59. The molecule has 1 heterocycles. The number of amides is 2. The van der Waals surface area contributed by atoms with Crippen molar-refractivity contribution in [1.82, 2.24) is 21.3 Å². The minimum atomic E-state index is -0.801. The van der Waals surface area contributed by atoms with Gasteiger partial charge in [-0.2, -0.15) is 0 Å². The van der Waals surface area contributed by atoms with Gasteiger partial charge in [0.05, 0.1) is 16.7 Å². The molecule has 2 bridgehead atoms. The SMILES string of the molecule is CC(C)(C)C1CNC(C(=O)NC23CCC(NC(=O)COc4ccc(Cl)c(F)c4)(CC2)[C@@H](O)C3)C2(CCCCCCCCCCC2)N1. The average Bonchev–Trinajstić information content (AvgIpc) is 3.00. The summed E-state index contributed by atoms with van der Waals surface area (Å²) in [5.41, 5.74) is -1.53. The van der Waals surface area contributed by atoms with Gasteiger partial charge in [-0.25, -0.2) is 4.39 Å². The summed E-state index contributed by atoms with van der Waals surface area (Å²) in [6.07, 6.45) is 15.1. The Morgan fingerprint density at radius 1 is 0.957 bits per heavy atom. The Balaban J connectivity index is 1.24. The highest BCUT2D eigenvalue weighted by Crippen LogP contribution is 2.47. The van der Waals surface area contributed by atoms with Crippen molar-refractivity contribution in [3.8, 4) is 5.75 Å². The molecule has 2 amide bonds. The molecular weight excluding hydrogens is 607 g/mol. The number of ether oxygens (including phenoxy) is 1. The fourth-order valence-electron chi connectivity index (χ4n) is 8.48. The largest absolute Gasteiger partial charge is 0.484 e. The first-order chi connectivity index (χ1) is 21.9. The number of halogens is 2. The molecule has 1 saturated heterocycles. The van der Waals surface area contributed by atoms with E-state index >= 15 is 0 Å². The standard InChI is InChI=1S/C36H56ClFN4O4/c1-33(2,3)28-23-39-31(36(40-28)15-11-9-7-5-4-6-8-10-12-16-36)32(45)42-34-17-19-35(20-18-34,29(43)22-34)41-30(44)24-46-25-13-14-26(37)27(38)21-25/h13-14,21,28-29,31,39-40,43H,4-12,15-20,22-24H2,1-3H3,(H,41,44)(H,42,45)/t28?,29-,31?,34?,35?/m0/s1. The number of fused-ring (bicyclic) bond motifs is 3. The van der Waals surface area contributed by atoms with Gasteiger partial charge in [0.1, 0.15) is 17.6 Å². The number of rotatable bonds is 6. The maximum Gasteiger partial charge on any atom is 0.258 e. The molecule has 5 aliphatic rings. The summed E-state index contributed by atoms with van der Waals surface area (Å²) in [5.74, 6) is -0.746. The highest BCUT2D eigenvalue weighted by Gasteiger charge is 2.57. The highest BCUT2D eigenvalue weighted by atomic mass is 35.5.